The fraction of sp³-hybridized carbons (Fsp3) is 0.588. The van der Waals surface area contributed by atoms with Gasteiger partial charge < -0.3 is 15.2 Å². The predicted molar refractivity (Wildman–Crippen MR) is 79.7 cm³/mol. The number of carbonyl (C=O) groups excluding carboxylic acids is 1. The highest BCUT2D eigenvalue weighted by molar-refractivity contribution is 5.67. The van der Waals surface area contributed by atoms with Gasteiger partial charge in [0.25, 0.3) is 0 Å². The van der Waals surface area contributed by atoms with E-state index in [-0.39, 0.29) is 13.2 Å². The minimum absolute atomic E-state index is 0.258. The summed E-state index contributed by atoms with van der Waals surface area (Å²) < 4.78 is 5.16. The largest absolute Gasteiger partial charge is 0.445 e. The zero-order chi connectivity index (χ0) is 14.8. The topological polar surface area (TPSA) is 58.6 Å². The fourth-order valence-electron chi connectivity index (χ4n) is 3.11. The summed E-state index contributed by atoms with van der Waals surface area (Å²) in [5, 5.41) is 13.2. The molecule has 114 valence electrons. The van der Waals surface area contributed by atoms with Gasteiger partial charge in [-0.1, -0.05) is 30.3 Å². The van der Waals surface area contributed by atoms with E-state index in [1.807, 2.05) is 30.3 Å². The van der Waals surface area contributed by atoms with E-state index in [0.29, 0.717) is 5.41 Å². The summed E-state index contributed by atoms with van der Waals surface area (Å²) >= 11 is 0. The summed E-state index contributed by atoms with van der Waals surface area (Å²) in [7, 11) is 0. The van der Waals surface area contributed by atoms with Crippen LogP contribution in [0.5, 0.6) is 0 Å². The van der Waals surface area contributed by atoms with Crippen LogP contribution in [0, 0.1) is 5.41 Å². The van der Waals surface area contributed by atoms with E-state index in [4.69, 9.17) is 4.74 Å². The van der Waals surface area contributed by atoms with Crippen LogP contribution in [0.3, 0.4) is 0 Å². The number of hydrogen-bond donors (Lipinski definition) is 2. The van der Waals surface area contributed by atoms with Crippen LogP contribution >= 0.6 is 0 Å². The number of amides is 1. The van der Waals surface area contributed by atoms with Gasteiger partial charge in [-0.15, -0.1) is 0 Å². The molecule has 21 heavy (non-hydrogen) atoms. The first kappa shape index (κ1) is 14.4. The molecule has 2 aliphatic carbocycles. The fourth-order valence-corrected chi connectivity index (χ4v) is 3.11. The number of benzene rings is 1. The molecule has 0 bridgehead atoms. The van der Waals surface area contributed by atoms with Crippen LogP contribution in [0.1, 0.15) is 44.1 Å². The van der Waals surface area contributed by atoms with Gasteiger partial charge in [-0.25, -0.2) is 4.79 Å². The SMILES string of the molecule is O=C(NCC1(O)CCC2(CC1)CC2)OCc1ccccc1. The first-order chi connectivity index (χ1) is 10.1. The highest BCUT2D eigenvalue weighted by atomic mass is 16.5. The van der Waals surface area contributed by atoms with E-state index in [2.05, 4.69) is 5.32 Å². The summed E-state index contributed by atoms with van der Waals surface area (Å²) in [6.45, 7) is 0.547. The molecule has 1 amide bonds. The third-order valence-electron chi connectivity index (χ3n) is 4.97. The molecule has 2 aliphatic rings. The lowest BCUT2D eigenvalue weighted by Crippen LogP contribution is -2.45. The molecule has 1 aromatic carbocycles. The van der Waals surface area contributed by atoms with E-state index < -0.39 is 11.7 Å². The lowest BCUT2D eigenvalue weighted by molar-refractivity contribution is -0.0126. The van der Waals surface area contributed by atoms with E-state index >= 15 is 0 Å². The second-order valence-corrected chi connectivity index (χ2v) is 6.64. The molecule has 3 rings (SSSR count). The van der Waals surface area contributed by atoms with E-state index in [1.165, 1.54) is 12.8 Å². The van der Waals surface area contributed by atoms with Crippen molar-refractivity contribution in [3.8, 4) is 0 Å². The Morgan fingerprint density at radius 2 is 1.71 bits per heavy atom. The van der Waals surface area contributed by atoms with Crippen molar-refractivity contribution in [3.63, 3.8) is 0 Å². The van der Waals surface area contributed by atoms with Gasteiger partial charge in [0.05, 0.1) is 5.60 Å². The van der Waals surface area contributed by atoms with Crippen LogP contribution in [-0.2, 0) is 11.3 Å². The van der Waals surface area contributed by atoms with Gasteiger partial charge in [0.2, 0.25) is 0 Å². The van der Waals surface area contributed by atoms with Gasteiger partial charge in [-0.2, -0.15) is 0 Å². The molecule has 2 saturated carbocycles. The van der Waals surface area contributed by atoms with Crippen molar-refractivity contribution in [2.24, 2.45) is 5.41 Å². The van der Waals surface area contributed by atoms with Crippen LogP contribution in [0.15, 0.2) is 30.3 Å². The van der Waals surface area contributed by atoms with Gasteiger partial charge in [0, 0.05) is 6.54 Å². The number of rotatable bonds is 4. The van der Waals surface area contributed by atoms with Crippen molar-refractivity contribution in [2.75, 3.05) is 6.54 Å². The van der Waals surface area contributed by atoms with Crippen LogP contribution in [0.2, 0.25) is 0 Å². The Kier molecular flexibility index (Phi) is 3.89. The van der Waals surface area contributed by atoms with E-state index in [0.717, 1.165) is 31.2 Å². The van der Waals surface area contributed by atoms with Gasteiger partial charge in [-0.3, -0.25) is 0 Å². The Morgan fingerprint density at radius 3 is 2.33 bits per heavy atom. The number of nitrogens with one attached hydrogen (secondary N) is 1. The summed E-state index contributed by atoms with van der Waals surface area (Å²) in [6.07, 6.45) is 5.91. The van der Waals surface area contributed by atoms with Crippen molar-refractivity contribution >= 4 is 6.09 Å². The molecule has 0 atom stereocenters. The lowest BCUT2D eigenvalue weighted by Gasteiger charge is -2.36. The number of carbonyl (C=O) groups is 1. The standard InChI is InChI=1S/C17H23NO3/c19-15(21-12-14-4-2-1-3-5-14)18-13-17(20)10-8-16(6-7-16)9-11-17/h1-5,20H,6-13H2,(H,18,19). The average Bonchev–Trinajstić information content (AvgIpc) is 3.28. The van der Waals surface area contributed by atoms with Gasteiger partial charge in [-0.05, 0) is 49.5 Å². The first-order valence-corrected chi connectivity index (χ1v) is 7.76. The highest BCUT2D eigenvalue weighted by Gasteiger charge is 2.48. The molecule has 1 spiro atoms. The van der Waals surface area contributed by atoms with E-state index in [9.17, 15) is 9.90 Å². The molecule has 0 radical (unpaired) electrons. The van der Waals surface area contributed by atoms with Crippen LogP contribution in [0.25, 0.3) is 0 Å². The van der Waals surface area contributed by atoms with Crippen molar-refractivity contribution in [1.29, 1.82) is 0 Å². The van der Waals surface area contributed by atoms with E-state index in [1.54, 1.807) is 0 Å². The molecule has 0 aliphatic heterocycles. The molecule has 0 saturated heterocycles. The number of alkyl carbamates (subject to hydrolysis) is 1. The Hall–Kier alpha value is -1.55. The Balaban J connectivity index is 1.39. The zero-order valence-corrected chi connectivity index (χ0v) is 12.3. The summed E-state index contributed by atoms with van der Waals surface area (Å²) in [5.41, 5.74) is 0.749. The summed E-state index contributed by atoms with van der Waals surface area (Å²) in [4.78, 5) is 11.7. The lowest BCUT2D eigenvalue weighted by atomic mass is 9.77. The molecule has 4 heteroatoms. The minimum Gasteiger partial charge on any atom is -0.445 e. The molecule has 4 nitrogen and oxygen atoms in total. The molecule has 2 N–H and O–H groups in total. The summed E-state index contributed by atoms with van der Waals surface area (Å²) in [5.74, 6) is 0. The zero-order valence-electron chi connectivity index (χ0n) is 12.3. The van der Waals surface area contributed by atoms with Crippen molar-refractivity contribution < 1.29 is 14.6 Å². The minimum atomic E-state index is -0.750. The number of ether oxygens (including phenoxy) is 1. The van der Waals surface area contributed by atoms with Crippen molar-refractivity contribution in [2.45, 2.75) is 50.7 Å². The summed E-state index contributed by atoms with van der Waals surface area (Å²) in [6, 6.07) is 9.58. The molecular weight excluding hydrogens is 266 g/mol. The maximum Gasteiger partial charge on any atom is 0.407 e. The van der Waals surface area contributed by atoms with Crippen molar-refractivity contribution in [1.82, 2.24) is 5.32 Å². The second kappa shape index (κ2) is 5.68. The third kappa shape index (κ3) is 3.76. The van der Waals surface area contributed by atoms with Gasteiger partial charge in [0.1, 0.15) is 6.61 Å². The van der Waals surface area contributed by atoms with Crippen LogP contribution in [-0.4, -0.2) is 23.3 Å². The molecule has 1 aromatic rings. The highest BCUT2D eigenvalue weighted by Crippen LogP contribution is 2.57. The predicted octanol–water partition coefficient (Wildman–Crippen LogP) is 3.00. The second-order valence-electron chi connectivity index (χ2n) is 6.64. The molecule has 0 aromatic heterocycles. The molecule has 0 heterocycles. The Labute approximate surface area is 125 Å². The average molecular weight is 289 g/mol. The Bertz CT molecular complexity index is 486. The quantitative estimate of drug-likeness (QED) is 0.896. The maximum atomic E-state index is 11.7. The third-order valence-corrected chi connectivity index (χ3v) is 4.97. The van der Waals surface area contributed by atoms with Crippen LogP contribution < -0.4 is 5.32 Å². The molecule has 0 unspecified atom stereocenters. The van der Waals surface area contributed by atoms with Gasteiger partial charge in [0.15, 0.2) is 0 Å². The van der Waals surface area contributed by atoms with Crippen molar-refractivity contribution in [3.05, 3.63) is 35.9 Å². The Morgan fingerprint density at radius 1 is 1.10 bits per heavy atom. The number of hydrogen-bond acceptors (Lipinski definition) is 3. The molecule has 2 fully saturated rings. The normalized spacial score (nSPS) is 21.8. The van der Waals surface area contributed by atoms with Crippen LogP contribution in [0.4, 0.5) is 4.79 Å². The monoisotopic (exact) mass is 289 g/mol. The smallest absolute Gasteiger partial charge is 0.407 e. The maximum absolute atomic E-state index is 11.7. The van der Waals surface area contributed by atoms with Gasteiger partial charge >= 0.3 is 6.09 Å². The number of aliphatic hydroxyl groups is 1. The molecular formula is C17H23NO3. The first-order valence-electron chi connectivity index (χ1n) is 7.76.